The average Bonchev–Trinajstić information content (AvgIpc) is 2.18. The minimum atomic E-state index is -0.542. The molecule has 0 aliphatic carbocycles. The van der Waals surface area contributed by atoms with Crippen molar-refractivity contribution in [2.24, 2.45) is 0 Å². The van der Waals surface area contributed by atoms with Crippen molar-refractivity contribution in [3.63, 3.8) is 0 Å². The molecular weight excluding hydrogens is 186 g/mol. The minimum absolute atomic E-state index is 0.489. The maximum atomic E-state index is 8.57. The molecule has 80 valence electrons. The van der Waals surface area contributed by atoms with Crippen molar-refractivity contribution in [1.29, 1.82) is 5.26 Å². The third kappa shape index (κ3) is 2.73. The van der Waals surface area contributed by atoms with Crippen molar-refractivity contribution >= 4 is 0 Å². The first kappa shape index (κ1) is 11.6. The molecule has 0 unspecified atom stereocenters. The van der Waals surface area contributed by atoms with Crippen LogP contribution in [0.1, 0.15) is 44.7 Å². The van der Waals surface area contributed by atoms with Crippen LogP contribution < -0.4 is 0 Å². The number of hydrogen-bond acceptors (Lipinski definition) is 2. The fraction of sp³-hybridized carbons (Fsp3) is 0.462. The zero-order chi connectivity index (χ0) is 11.5. The summed E-state index contributed by atoms with van der Waals surface area (Å²) in [5.74, 6) is 0.489. The summed E-state index contributed by atoms with van der Waals surface area (Å²) in [5.41, 5.74) is 1.76. The van der Waals surface area contributed by atoms with E-state index in [0.29, 0.717) is 5.92 Å². The predicted octanol–water partition coefficient (Wildman–Crippen LogP) is 3.54. The Labute approximate surface area is 91.5 Å². The van der Waals surface area contributed by atoms with Crippen molar-refractivity contribution in [3.8, 4) is 6.26 Å². The molecule has 0 saturated carbocycles. The highest BCUT2D eigenvalue weighted by atomic mass is 16.5. The monoisotopic (exact) mass is 203 g/mol. The predicted molar refractivity (Wildman–Crippen MR) is 60.3 cm³/mol. The van der Waals surface area contributed by atoms with Crippen LogP contribution in [-0.2, 0) is 10.3 Å². The molecule has 1 rings (SSSR count). The van der Waals surface area contributed by atoms with Crippen molar-refractivity contribution in [2.45, 2.75) is 39.2 Å². The lowest BCUT2D eigenvalue weighted by Crippen LogP contribution is -2.19. The molecule has 1 aromatic rings. The van der Waals surface area contributed by atoms with Gasteiger partial charge in [-0.25, -0.2) is 0 Å². The van der Waals surface area contributed by atoms with Gasteiger partial charge in [0, 0.05) is 0 Å². The normalized spacial score (nSPS) is 11.2. The lowest BCUT2D eigenvalue weighted by Gasteiger charge is -2.22. The number of ether oxygens (including phenoxy) is 1. The Balaban J connectivity index is 3.05. The number of benzene rings is 1. The van der Waals surface area contributed by atoms with Crippen molar-refractivity contribution < 1.29 is 4.74 Å². The Morgan fingerprint density at radius 1 is 1.33 bits per heavy atom. The zero-order valence-electron chi connectivity index (χ0n) is 9.74. The molecule has 2 nitrogen and oxygen atoms in total. The van der Waals surface area contributed by atoms with Crippen LogP contribution in [0.4, 0.5) is 0 Å². The van der Waals surface area contributed by atoms with Gasteiger partial charge in [0.2, 0.25) is 0 Å². The van der Waals surface area contributed by atoms with Crippen molar-refractivity contribution in [3.05, 3.63) is 35.4 Å². The fourth-order valence-corrected chi connectivity index (χ4v) is 1.45. The molecule has 0 bridgehead atoms. The van der Waals surface area contributed by atoms with E-state index in [0.717, 1.165) is 5.56 Å². The summed E-state index contributed by atoms with van der Waals surface area (Å²) in [6.45, 7) is 8.10. The summed E-state index contributed by atoms with van der Waals surface area (Å²) >= 11 is 0. The molecule has 15 heavy (non-hydrogen) atoms. The van der Waals surface area contributed by atoms with Gasteiger partial charge in [-0.3, -0.25) is 0 Å². The number of nitrogens with zero attached hydrogens (tertiary/aromatic N) is 1. The van der Waals surface area contributed by atoms with Gasteiger partial charge in [0.25, 0.3) is 6.26 Å². The lowest BCUT2D eigenvalue weighted by molar-refractivity contribution is 0.0701. The molecular formula is C13H17NO. The molecule has 0 aliphatic rings. The molecule has 0 aliphatic heterocycles. The van der Waals surface area contributed by atoms with Gasteiger partial charge in [0.05, 0.1) is 0 Å². The van der Waals surface area contributed by atoms with Crippen LogP contribution in [0.25, 0.3) is 0 Å². The van der Waals surface area contributed by atoms with Crippen LogP contribution in [0.2, 0.25) is 0 Å². The largest absolute Gasteiger partial charge is 0.417 e. The highest BCUT2D eigenvalue weighted by Crippen LogP contribution is 2.26. The zero-order valence-corrected chi connectivity index (χ0v) is 9.74. The van der Waals surface area contributed by atoms with Crippen LogP contribution >= 0.6 is 0 Å². The van der Waals surface area contributed by atoms with E-state index in [4.69, 9.17) is 10.00 Å². The Hall–Kier alpha value is -1.49. The topological polar surface area (TPSA) is 33.0 Å². The quantitative estimate of drug-likeness (QED) is 0.704. The van der Waals surface area contributed by atoms with Gasteiger partial charge in [0.15, 0.2) is 0 Å². The Bertz CT molecular complexity index is 374. The smallest absolute Gasteiger partial charge is 0.287 e. The first-order chi connectivity index (χ1) is 6.97. The van der Waals surface area contributed by atoms with Gasteiger partial charge in [-0.1, -0.05) is 38.1 Å². The molecule has 0 heterocycles. The van der Waals surface area contributed by atoms with E-state index in [9.17, 15) is 0 Å². The highest BCUT2D eigenvalue weighted by molar-refractivity contribution is 5.29. The molecule has 0 saturated heterocycles. The third-order valence-electron chi connectivity index (χ3n) is 2.55. The van der Waals surface area contributed by atoms with Gasteiger partial charge in [0.1, 0.15) is 5.60 Å². The van der Waals surface area contributed by atoms with Gasteiger partial charge in [-0.15, -0.1) is 0 Å². The van der Waals surface area contributed by atoms with E-state index in [2.05, 4.69) is 26.0 Å². The molecule has 0 radical (unpaired) electrons. The summed E-state index contributed by atoms with van der Waals surface area (Å²) in [7, 11) is 0. The van der Waals surface area contributed by atoms with Crippen LogP contribution in [-0.4, -0.2) is 0 Å². The molecule has 0 spiro atoms. The van der Waals surface area contributed by atoms with Gasteiger partial charge in [-0.2, -0.15) is 5.26 Å². The molecule has 0 amide bonds. The van der Waals surface area contributed by atoms with Crippen LogP contribution in [0.5, 0.6) is 0 Å². The van der Waals surface area contributed by atoms with Gasteiger partial charge >= 0.3 is 0 Å². The van der Waals surface area contributed by atoms with E-state index in [1.165, 1.54) is 5.56 Å². The first-order valence-electron chi connectivity index (χ1n) is 5.15. The van der Waals surface area contributed by atoms with E-state index in [1.807, 2.05) is 26.0 Å². The molecule has 0 fully saturated rings. The van der Waals surface area contributed by atoms with Crippen LogP contribution in [0, 0.1) is 11.5 Å². The Kier molecular flexibility index (Phi) is 3.36. The SMILES string of the molecule is CC(C)c1cccc(C(C)(C)OC#N)c1. The van der Waals surface area contributed by atoms with Gasteiger partial charge in [-0.05, 0) is 30.9 Å². The minimum Gasteiger partial charge on any atom is -0.417 e. The van der Waals surface area contributed by atoms with E-state index in [1.54, 1.807) is 6.26 Å². The number of hydrogen-bond donors (Lipinski definition) is 0. The fourth-order valence-electron chi connectivity index (χ4n) is 1.45. The number of rotatable bonds is 3. The maximum absolute atomic E-state index is 8.57. The Morgan fingerprint density at radius 3 is 2.53 bits per heavy atom. The first-order valence-corrected chi connectivity index (χ1v) is 5.15. The molecule has 0 atom stereocenters. The summed E-state index contributed by atoms with van der Waals surface area (Å²) < 4.78 is 5.06. The summed E-state index contributed by atoms with van der Waals surface area (Å²) in [5, 5.41) is 8.57. The molecule has 2 heteroatoms. The maximum Gasteiger partial charge on any atom is 0.287 e. The second kappa shape index (κ2) is 4.35. The Morgan fingerprint density at radius 2 is 2.00 bits per heavy atom. The van der Waals surface area contributed by atoms with Crippen molar-refractivity contribution in [2.75, 3.05) is 0 Å². The molecule has 1 aromatic carbocycles. The highest BCUT2D eigenvalue weighted by Gasteiger charge is 2.22. The van der Waals surface area contributed by atoms with Crippen LogP contribution in [0.3, 0.4) is 0 Å². The lowest BCUT2D eigenvalue weighted by atomic mass is 9.93. The van der Waals surface area contributed by atoms with Gasteiger partial charge < -0.3 is 4.74 Å². The van der Waals surface area contributed by atoms with E-state index >= 15 is 0 Å². The number of nitriles is 1. The van der Waals surface area contributed by atoms with E-state index < -0.39 is 5.60 Å². The standard InChI is InChI=1S/C13H17NO/c1-10(2)11-6-5-7-12(8-11)13(3,4)15-9-14/h5-8,10H,1-4H3. The summed E-state index contributed by atoms with van der Waals surface area (Å²) in [6, 6.07) is 8.19. The third-order valence-corrected chi connectivity index (χ3v) is 2.55. The molecule has 0 aromatic heterocycles. The average molecular weight is 203 g/mol. The van der Waals surface area contributed by atoms with E-state index in [-0.39, 0.29) is 0 Å². The molecule has 0 N–H and O–H groups in total. The second-order valence-electron chi connectivity index (χ2n) is 4.48. The summed E-state index contributed by atoms with van der Waals surface area (Å²) in [6.07, 6.45) is 1.76. The summed E-state index contributed by atoms with van der Waals surface area (Å²) in [4.78, 5) is 0. The van der Waals surface area contributed by atoms with Crippen molar-refractivity contribution in [1.82, 2.24) is 0 Å². The second-order valence-corrected chi connectivity index (χ2v) is 4.48. The van der Waals surface area contributed by atoms with Crippen LogP contribution in [0.15, 0.2) is 24.3 Å².